The van der Waals surface area contributed by atoms with Gasteiger partial charge in [0.2, 0.25) is 0 Å². The molecule has 1 amide bonds. The van der Waals surface area contributed by atoms with E-state index in [-0.39, 0.29) is 17.9 Å². The Morgan fingerprint density at radius 3 is 2.33 bits per heavy atom. The molecule has 1 heterocycles. The Kier molecular flexibility index (Phi) is 8.32. The highest BCUT2D eigenvalue weighted by Gasteiger charge is 2.21. The van der Waals surface area contributed by atoms with Gasteiger partial charge >= 0.3 is 5.97 Å². The van der Waals surface area contributed by atoms with Gasteiger partial charge in [-0.1, -0.05) is 70.5 Å². The van der Waals surface area contributed by atoms with Crippen LogP contribution in [0.4, 0.5) is 0 Å². The Hall–Kier alpha value is -4.23. The molecule has 5 rings (SSSR count). The van der Waals surface area contributed by atoms with E-state index in [4.69, 9.17) is 9.84 Å². The number of halogens is 1. The van der Waals surface area contributed by atoms with Gasteiger partial charge < -0.3 is 10.1 Å². The summed E-state index contributed by atoms with van der Waals surface area (Å²) in [6.45, 7) is 10.1. The number of carbonyl (C=O) groups excluding carboxylic acids is 2. The van der Waals surface area contributed by atoms with Crippen LogP contribution in [0, 0.1) is 6.92 Å². The minimum absolute atomic E-state index is 0.121. The number of aromatic nitrogens is 2. The molecule has 0 saturated heterocycles. The smallest absolute Gasteiger partial charge is 0.339 e. The summed E-state index contributed by atoms with van der Waals surface area (Å²) >= 11 is 3.45. The van der Waals surface area contributed by atoms with Gasteiger partial charge in [0, 0.05) is 15.4 Å². The van der Waals surface area contributed by atoms with E-state index < -0.39 is 5.60 Å². The molecule has 214 valence electrons. The number of rotatable bonds is 7. The predicted molar refractivity (Wildman–Crippen MR) is 171 cm³/mol. The molecule has 6 nitrogen and oxygen atoms in total. The Bertz CT molecular complexity index is 1750. The molecule has 0 radical (unpaired) electrons. The molecule has 1 atom stereocenters. The average molecular weight is 625 g/mol. The number of fused-ring (bicyclic) bond motifs is 1. The molecule has 4 aromatic carbocycles. The molecule has 0 saturated carbocycles. The zero-order valence-corrected chi connectivity index (χ0v) is 26.0. The van der Waals surface area contributed by atoms with Crippen molar-refractivity contribution in [3.63, 3.8) is 0 Å². The molecule has 1 aromatic heterocycles. The van der Waals surface area contributed by atoms with Gasteiger partial charge in [-0.2, -0.15) is 5.10 Å². The first kappa shape index (κ1) is 29.3. The van der Waals surface area contributed by atoms with E-state index >= 15 is 0 Å². The summed E-state index contributed by atoms with van der Waals surface area (Å²) in [6, 6.07) is 29.2. The molecule has 0 bridgehead atoms. The fourth-order valence-electron chi connectivity index (χ4n) is 4.92. The first-order chi connectivity index (χ1) is 20.0. The first-order valence-electron chi connectivity index (χ1n) is 13.9. The van der Waals surface area contributed by atoms with Crippen LogP contribution in [-0.4, -0.2) is 27.3 Å². The highest BCUT2D eigenvalue weighted by atomic mass is 79.9. The third-order valence-electron chi connectivity index (χ3n) is 7.06. The van der Waals surface area contributed by atoms with Crippen molar-refractivity contribution in [1.29, 1.82) is 0 Å². The average Bonchev–Trinajstić information content (AvgIpc) is 3.27. The molecule has 1 N–H and O–H groups in total. The normalized spacial score (nSPS) is 12.2. The quantitative estimate of drug-likeness (QED) is 0.185. The molecule has 0 aliphatic heterocycles. The Morgan fingerprint density at radius 1 is 0.952 bits per heavy atom. The second kappa shape index (κ2) is 11.9. The van der Waals surface area contributed by atoms with E-state index in [9.17, 15) is 9.59 Å². The van der Waals surface area contributed by atoms with Crippen LogP contribution in [0.2, 0.25) is 0 Å². The fourth-order valence-corrected chi connectivity index (χ4v) is 5.19. The number of esters is 1. The van der Waals surface area contributed by atoms with Crippen LogP contribution in [0.25, 0.3) is 22.0 Å². The zero-order chi connectivity index (χ0) is 30.0. The van der Waals surface area contributed by atoms with Crippen molar-refractivity contribution in [2.24, 2.45) is 0 Å². The van der Waals surface area contributed by atoms with Gasteiger partial charge in [0.25, 0.3) is 5.91 Å². The maximum atomic E-state index is 13.1. The van der Waals surface area contributed by atoms with Gasteiger partial charge in [-0.15, -0.1) is 0 Å². The van der Waals surface area contributed by atoms with Crippen molar-refractivity contribution in [1.82, 2.24) is 15.1 Å². The monoisotopic (exact) mass is 623 g/mol. The number of aryl methyl sites for hydroxylation is 1. The maximum Gasteiger partial charge on any atom is 0.339 e. The number of hydrogen-bond acceptors (Lipinski definition) is 4. The van der Waals surface area contributed by atoms with Crippen molar-refractivity contribution in [3.05, 3.63) is 123 Å². The van der Waals surface area contributed by atoms with Gasteiger partial charge in [0.15, 0.2) is 0 Å². The van der Waals surface area contributed by atoms with E-state index in [2.05, 4.69) is 33.4 Å². The lowest BCUT2D eigenvalue weighted by molar-refractivity contribution is 0.00703. The lowest BCUT2D eigenvalue weighted by Crippen LogP contribution is -2.26. The summed E-state index contributed by atoms with van der Waals surface area (Å²) < 4.78 is 8.58. The van der Waals surface area contributed by atoms with Crippen LogP contribution in [0.1, 0.15) is 71.3 Å². The molecule has 0 unspecified atom stereocenters. The van der Waals surface area contributed by atoms with Crippen LogP contribution in [0.15, 0.2) is 95.5 Å². The SMILES string of the molecule is Cc1nn(Cc2ccc(-c3ccccc3C(=O)OC(C)(C)C)cc2)c2ccc(C(=O)N[C@@H](C)c3ccc(Br)cc3)cc12. The summed E-state index contributed by atoms with van der Waals surface area (Å²) in [5.74, 6) is -0.460. The van der Waals surface area contributed by atoms with Crippen molar-refractivity contribution in [3.8, 4) is 11.1 Å². The van der Waals surface area contributed by atoms with E-state index in [1.807, 2.05) is 112 Å². The van der Waals surface area contributed by atoms with Crippen LogP contribution in [-0.2, 0) is 11.3 Å². The molecule has 0 aliphatic rings. The second-order valence-electron chi connectivity index (χ2n) is 11.5. The largest absolute Gasteiger partial charge is 0.456 e. The molecule has 42 heavy (non-hydrogen) atoms. The predicted octanol–water partition coefficient (Wildman–Crippen LogP) is 8.27. The summed E-state index contributed by atoms with van der Waals surface area (Å²) in [4.78, 5) is 25.9. The Balaban J connectivity index is 1.33. The molecule has 0 spiro atoms. The molecule has 0 fully saturated rings. The third-order valence-corrected chi connectivity index (χ3v) is 7.59. The van der Waals surface area contributed by atoms with Gasteiger partial charge in [-0.3, -0.25) is 9.48 Å². The van der Waals surface area contributed by atoms with Gasteiger partial charge in [0.1, 0.15) is 5.60 Å². The van der Waals surface area contributed by atoms with Crippen molar-refractivity contribution in [2.75, 3.05) is 0 Å². The van der Waals surface area contributed by atoms with Gasteiger partial charge in [-0.05, 0) is 93.3 Å². The fraction of sp³-hybridized carbons (Fsp3) is 0.229. The van der Waals surface area contributed by atoms with Crippen molar-refractivity contribution >= 4 is 38.7 Å². The topological polar surface area (TPSA) is 73.2 Å². The minimum Gasteiger partial charge on any atom is -0.456 e. The first-order valence-corrected chi connectivity index (χ1v) is 14.7. The number of hydrogen-bond donors (Lipinski definition) is 1. The van der Waals surface area contributed by atoms with Crippen LogP contribution in [0.3, 0.4) is 0 Å². The number of nitrogens with zero attached hydrogens (tertiary/aromatic N) is 2. The van der Waals surface area contributed by atoms with E-state index in [0.29, 0.717) is 17.7 Å². The van der Waals surface area contributed by atoms with Gasteiger partial charge in [0.05, 0.1) is 29.4 Å². The summed E-state index contributed by atoms with van der Waals surface area (Å²) in [7, 11) is 0. The molecule has 5 aromatic rings. The highest BCUT2D eigenvalue weighted by molar-refractivity contribution is 9.10. The standard InChI is InChI=1S/C35H34BrN3O3/c1-22(25-14-17-28(36)18-15-25)37-33(40)27-16-19-32-31(20-27)23(2)38-39(32)21-24-10-12-26(13-11-24)29-8-6-7-9-30(29)34(41)42-35(3,4)5/h6-20,22H,21H2,1-5H3,(H,37,40)/t22-/m0/s1. The summed E-state index contributed by atoms with van der Waals surface area (Å²) in [5.41, 5.74) is 6.28. The molecule has 7 heteroatoms. The van der Waals surface area contributed by atoms with Crippen molar-refractivity contribution < 1.29 is 14.3 Å². The molecule has 0 aliphatic carbocycles. The molecular weight excluding hydrogens is 590 g/mol. The number of carbonyl (C=O) groups is 2. The van der Waals surface area contributed by atoms with Crippen LogP contribution in [0.5, 0.6) is 0 Å². The minimum atomic E-state index is -0.568. The number of ether oxygens (including phenoxy) is 1. The van der Waals surface area contributed by atoms with Crippen LogP contribution >= 0.6 is 15.9 Å². The van der Waals surface area contributed by atoms with Crippen LogP contribution < -0.4 is 5.32 Å². The zero-order valence-electron chi connectivity index (χ0n) is 24.4. The number of amides is 1. The Morgan fingerprint density at radius 2 is 1.64 bits per heavy atom. The van der Waals surface area contributed by atoms with E-state index in [1.165, 1.54) is 0 Å². The number of benzene rings is 4. The highest BCUT2D eigenvalue weighted by Crippen LogP contribution is 2.27. The second-order valence-corrected chi connectivity index (χ2v) is 12.4. The Labute approximate surface area is 254 Å². The summed E-state index contributed by atoms with van der Waals surface area (Å²) in [6.07, 6.45) is 0. The van der Waals surface area contributed by atoms with E-state index in [0.717, 1.165) is 43.3 Å². The lowest BCUT2D eigenvalue weighted by Gasteiger charge is -2.20. The van der Waals surface area contributed by atoms with E-state index in [1.54, 1.807) is 6.07 Å². The molecular formula is C35H34BrN3O3. The van der Waals surface area contributed by atoms with Gasteiger partial charge in [-0.25, -0.2) is 4.79 Å². The van der Waals surface area contributed by atoms with Crippen molar-refractivity contribution in [2.45, 2.75) is 52.8 Å². The third kappa shape index (κ3) is 6.63. The lowest BCUT2D eigenvalue weighted by atomic mass is 9.98. The summed E-state index contributed by atoms with van der Waals surface area (Å²) in [5, 5.41) is 8.81. The number of nitrogens with one attached hydrogen (secondary N) is 1. The maximum absolute atomic E-state index is 13.1.